The summed E-state index contributed by atoms with van der Waals surface area (Å²) in [5, 5.41) is 5.40. The molecule has 0 aliphatic carbocycles. The molecule has 0 spiro atoms. The van der Waals surface area contributed by atoms with Crippen LogP contribution in [0.25, 0.3) is 6.08 Å². The average Bonchev–Trinajstić information content (AvgIpc) is 2.96. The molecule has 1 aromatic heterocycles. The molecule has 2 heterocycles. The Hall–Kier alpha value is -1.13. The predicted molar refractivity (Wildman–Crippen MR) is 85.8 cm³/mol. The van der Waals surface area contributed by atoms with Crippen LogP contribution in [0.15, 0.2) is 23.6 Å². The zero-order valence-corrected chi connectivity index (χ0v) is 13.2. The molecule has 20 heavy (non-hydrogen) atoms. The molecule has 0 unspecified atom stereocenters. The molecular formula is C16H24N2OS. The Kier molecular flexibility index (Phi) is 5.80. The van der Waals surface area contributed by atoms with Crippen molar-refractivity contribution in [2.45, 2.75) is 32.7 Å². The van der Waals surface area contributed by atoms with Gasteiger partial charge < -0.3 is 10.2 Å². The normalized spacial score (nSPS) is 16.9. The Morgan fingerprint density at radius 3 is 2.85 bits per heavy atom. The minimum absolute atomic E-state index is 0.131. The third-order valence-electron chi connectivity index (χ3n) is 3.75. The van der Waals surface area contributed by atoms with Crippen molar-refractivity contribution in [2.24, 2.45) is 5.92 Å². The number of rotatable bonds is 5. The van der Waals surface area contributed by atoms with Gasteiger partial charge in [0.25, 0.3) is 0 Å². The van der Waals surface area contributed by atoms with E-state index in [4.69, 9.17) is 0 Å². The molecule has 110 valence electrons. The topological polar surface area (TPSA) is 32.3 Å². The number of hydrogen-bond donors (Lipinski definition) is 1. The Morgan fingerprint density at radius 1 is 1.50 bits per heavy atom. The lowest BCUT2D eigenvalue weighted by Crippen LogP contribution is -2.42. The van der Waals surface area contributed by atoms with Gasteiger partial charge in [0.2, 0.25) is 5.91 Å². The lowest BCUT2D eigenvalue weighted by atomic mass is 9.97. The zero-order chi connectivity index (χ0) is 14.4. The molecule has 0 radical (unpaired) electrons. The van der Waals surface area contributed by atoms with E-state index in [1.807, 2.05) is 28.5 Å². The van der Waals surface area contributed by atoms with Crippen molar-refractivity contribution in [3.8, 4) is 0 Å². The summed E-state index contributed by atoms with van der Waals surface area (Å²) in [6, 6.07) is 4.29. The number of hydrogen-bond acceptors (Lipinski definition) is 3. The minimum atomic E-state index is 0.131. The standard InChI is InChI=1S/C16H24N2OS/c1-13(2)18(12-14-7-9-17-10-8-14)16(19)6-5-15-4-3-11-20-15/h3-6,11,13-14,17H,7-10,12H2,1-2H3. The van der Waals surface area contributed by atoms with Gasteiger partial charge in [-0.15, -0.1) is 11.3 Å². The molecule has 1 saturated heterocycles. The quantitative estimate of drug-likeness (QED) is 0.846. The van der Waals surface area contributed by atoms with Gasteiger partial charge in [-0.1, -0.05) is 6.07 Å². The van der Waals surface area contributed by atoms with E-state index in [1.165, 1.54) is 12.8 Å². The maximum Gasteiger partial charge on any atom is 0.246 e. The molecule has 1 aromatic rings. The molecule has 2 rings (SSSR count). The predicted octanol–water partition coefficient (Wildman–Crippen LogP) is 3.00. The molecular weight excluding hydrogens is 268 g/mol. The van der Waals surface area contributed by atoms with E-state index in [2.05, 4.69) is 19.2 Å². The van der Waals surface area contributed by atoms with E-state index in [1.54, 1.807) is 17.4 Å². The maximum atomic E-state index is 12.4. The number of thiophene rings is 1. The molecule has 1 amide bonds. The Morgan fingerprint density at radius 2 is 2.25 bits per heavy atom. The van der Waals surface area contributed by atoms with E-state index >= 15 is 0 Å². The minimum Gasteiger partial charge on any atom is -0.336 e. The van der Waals surface area contributed by atoms with E-state index in [-0.39, 0.29) is 11.9 Å². The van der Waals surface area contributed by atoms with Crippen LogP contribution in [0.5, 0.6) is 0 Å². The van der Waals surface area contributed by atoms with Crippen LogP contribution in [0.1, 0.15) is 31.6 Å². The number of carbonyl (C=O) groups excluding carboxylic acids is 1. The first-order chi connectivity index (χ1) is 9.66. The third kappa shape index (κ3) is 4.46. The Balaban J connectivity index is 1.94. The van der Waals surface area contributed by atoms with Crippen molar-refractivity contribution < 1.29 is 4.79 Å². The molecule has 4 heteroatoms. The molecule has 1 aliphatic rings. The highest BCUT2D eigenvalue weighted by Crippen LogP contribution is 2.16. The lowest BCUT2D eigenvalue weighted by Gasteiger charge is -2.32. The SMILES string of the molecule is CC(C)N(CC1CCNCC1)C(=O)C=Cc1cccs1. The molecule has 0 bridgehead atoms. The second kappa shape index (κ2) is 7.60. The number of amides is 1. The second-order valence-corrected chi connectivity index (χ2v) is 6.61. The fraction of sp³-hybridized carbons (Fsp3) is 0.562. The van der Waals surface area contributed by atoms with Crippen LogP contribution in [-0.4, -0.2) is 36.5 Å². The first-order valence-corrected chi connectivity index (χ1v) is 8.27. The van der Waals surface area contributed by atoms with Gasteiger partial charge in [-0.2, -0.15) is 0 Å². The maximum absolute atomic E-state index is 12.4. The molecule has 1 fully saturated rings. The smallest absolute Gasteiger partial charge is 0.246 e. The van der Waals surface area contributed by atoms with E-state index in [0.29, 0.717) is 5.92 Å². The number of piperidine rings is 1. The first-order valence-electron chi connectivity index (χ1n) is 7.39. The summed E-state index contributed by atoms with van der Waals surface area (Å²) >= 11 is 1.65. The average molecular weight is 292 g/mol. The van der Waals surface area contributed by atoms with E-state index in [9.17, 15) is 4.79 Å². The van der Waals surface area contributed by atoms with Gasteiger partial charge in [0, 0.05) is 23.5 Å². The van der Waals surface area contributed by atoms with Crippen LogP contribution in [-0.2, 0) is 4.79 Å². The van der Waals surface area contributed by atoms with Crippen molar-refractivity contribution in [3.63, 3.8) is 0 Å². The number of nitrogens with one attached hydrogen (secondary N) is 1. The Bertz CT molecular complexity index is 433. The summed E-state index contributed by atoms with van der Waals surface area (Å²) < 4.78 is 0. The van der Waals surface area contributed by atoms with E-state index < -0.39 is 0 Å². The molecule has 0 saturated carbocycles. The van der Waals surface area contributed by atoms with Crippen LogP contribution in [0, 0.1) is 5.92 Å². The molecule has 3 nitrogen and oxygen atoms in total. The van der Waals surface area contributed by atoms with Gasteiger partial charge in [0.1, 0.15) is 0 Å². The highest BCUT2D eigenvalue weighted by Gasteiger charge is 2.21. The van der Waals surface area contributed by atoms with Gasteiger partial charge in [-0.25, -0.2) is 0 Å². The van der Waals surface area contributed by atoms with Gasteiger partial charge in [0.05, 0.1) is 0 Å². The van der Waals surface area contributed by atoms with Crippen LogP contribution >= 0.6 is 11.3 Å². The van der Waals surface area contributed by atoms with Crippen molar-refractivity contribution in [1.29, 1.82) is 0 Å². The van der Waals surface area contributed by atoms with E-state index in [0.717, 1.165) is 24.5 Å². The summed E-state index contributed by atoms with van der Waals surface area (Å²) in [7, 11) is 0. The number of nitrogens with zero attached hydrogens (tertiary/aromatic N) is 1. The van der Waals surface area contributed by atoms with Crippen LogP contribution in [0.3, 0.4) is 0 Å². The van der Waals surface area contributed by atoms with Crippen LogP contribution < -0.4 is 5.32 Å². The lowest BCUT2D eigenvalue weighted by molar-refractivity contribution is -0.128. The number of carbonyl (C=O) groups is 1. The van der Waals surface area contributed by atoms with Crippen molar-refractivity contribution in [3.05, 3.63) is 28.5 Å². The highest BCUT2D eigenvalue weighted by atomic mass is 32.1. The fourth-order valence-electron chi connectivity index (χ4n) is 2.53. The van der Waals surface area contributed by atoms with Gasteiger partial charge in [0.15, 0.2) is 0 Å². The third-order valence-corrected chi connectivity index (χ3v) is 4.59. The molecule has 1 aliphatic heterocycles. The van der Waals surface area contributed by atoms with Crippen LogP contribution in [0.2, 0.25) is 0 Å². The summed E-state index contributed by atoms with van der Waals surface area (Å²) in [5.74, 6) is 0.768. The van der Waals surface area contributed by atoms with Crippen molar-refractivity contribution in [2.75, 3.05) is 19.6 Å². The summed E-state index contributed by atoms with van der Waals surface area (Å²) in [4.78, 5) is 15.5. The molecule has 0 aromatic carbocycles. The zero-order valence-electron chi connectivity index (χ0n) is 12.3. The fourth-order valence-corrected chi connectivity index (χ4v) is 3.15. The molecule has 1 N–H and O–H groups in total. The Labute approximate surface area is 125 Å². The summed E-state index contributed by atoms with van der Waals surface area (Å²) in [6.45, 7) is 7.23. The summed E-state index contributed by atoms with van der Waals surface area (Å²) in [5.41, 5.74) is 0. The van der Waals surface area contributed by atoms with Crippen LogP contribution in [0.4, 0.5) is 0 Å². The highest BCUT2D eigenvalue weighted by molar-refractivity contribution is 7.10. The van der Waals surface area contributed by atoms with Gasteiger partial charge in [-0.05, 0) is 63.2 Å². The molecule has 0 atom stereocenters. The first kappa shape index (κ1) is 15.3. The van der Waals surface area contributed by atoms with Gasteiger partial charge in [-0.3, -0.25) is 4.79 Å². The van der Waals surface area contributed by atoms with Crippen molar-refractivity contribution in [1.82, 2.24) is 10.2 Å². The second-order valence-electron chi connectivity index (χ2n) is 5.63. The largest absolute Gasteiger partial charge is 0.336 e. The summed E-state index contributed by atoms with van der Waals surface area (Å²) in [6.07, 6.45) is 5.98. The van der Waals surface area contributed by atoms with Gasteiger partial charge >= 0.3 is 0 Å². The monoisotopic (exact) mass is 292 g/mol. The van der Waals surface area contributed by atoms with Crippen molar-refractivity contribution >= 4 is 23.3 Å².